The Balaban J connectivity index is 2.08. The summed E-state index contributed by atoms with van der Waals surface area (Å²) in [6.07, 6.45) is 4.55. The van der Waals surface area contributed by atoms with Gasteiger partial charge in [0.15, 0.2) is 0 Å². The molecule has 3 rings (SSSR count). The molecule has 3 nitrogen and oxygen atoms in total. The van der Waals surface area contributed by atoms with Crippen LogP contribution >= 0.6 is 0 Å². The van der Waals surface area contributed by atoms with Crippen LogP contribution in [-0.2, 0) is 0 Å². The zero-order chi connectivity index (χ0) is 15.9. The maximum absolute atomic E-state index is 10.9. The van der Waals surface area contributed by atoms with E-state index in [1.165, 1.54) is 16.8 Å². The molecule has 1 aromatic heterocycles. The molecule has 1 aromatic carbocycles. The first kappa shape index (κ1) is 15.3. The maximum atomic E-state index is 10.9. The summed E-state index contributed by atoms with van der Waals surface area (Å²) in [6.45, 7) is 8.67. The van der Waals surface area contributed by atoms with Crippen LogP contribution in [0.2, 0.25) is 0 Å². The lowest BCUT2D eigenvalue weighted by atomic mass is 9.79. The molecule has 1 aliphatic rings. The Kier molecular flexibility index (Phi) is 4.09. The minimum absolute atomic E-state index is 0.188. The molecule has 118 valence electrons. The van der Waals surface area contributed by atoms with Crippen LogP contribution in [-0.4, -0.2) is 20.8 Å². The number of aliphatic hydroxyl groups is 1. The monoisotopic (exact) mass is 298 g/mol. The molecule has 22 heavy (non-hydrogen) atoms. The van der Waals surface area contributed by atoms with Gasteiger partial charge in [0, 0.05) is 11.5 Å². The molecule has 0 saturated carbocycles. The first-order valence-corrected chi connectivity index (χ1v) is 8.30. The van der Waals surface area contributed by atoms with Crippen molar-refractivity contribution in [2.24, 2.45) is 17.8 Å². The number of aromatic nitrogens is 2. The van der Waals surface area contributed by atoms with E-state index in [4.69, 9.17) is 0 Å². The highest BCUT2D eigenvalue weighted by atomic mass is 16.3. The normalized spacial score (nSPS) is 19.3. The minimum Gasteiger partial charge on any atom is -0.392 e. The molecule has 0 bridgehead atoms. The standard InChI is InChI=1S/C19H26N2O/c1-12(2)9-16(19(22)13(3)4)18-15-8-6-5-7-14(15)17-10-20-11-21(17)18/h5-8,10-13,16,18-19,22H,9H2,1-4H3/t16?,18-,19?/m0/s1. The van der Waals surface area contributed by atoms with E-state index in [-0.39, 0.29) is 24.0 Å². The molecular formula is C19H26N2O. The predicted molar refractivity (Wildman–Crippen MR) is 89.6 cm³/mol. The van der Waals surface area contributed by atoms with E-state index in [1.807, 2.05) is 12.5 Å². The van der Waals surface area contributed by atoms with Gasteiger partial charge in [-0.15, -0.1) is 0 Å². The molecule has 0 amide bonds. The van der Waals surface area contributed by atoms with Gasteiger partial charge in [-0.05, 0) is 23.8 Å². The van der Waals surface area contributed by atoms with Gasteiger partial charge in [0.1, 0.15) is 0 Å². The Morgan fingerprint density at radius 3 is 2.59 bits per heavy atom. The highest BCUT2D eigenvalue weighted by molar-refractivity contribution is 5.69. The third-order valence-electron chi connectivity index (χ3n) is 4.79. The molecule has 0 radical (unpaired) electrons. The molecule has 2 aromatic rings. The quantitative estimate of drug-likeness (QED) is 0.901. The van der Waals surface area contributed by atoms with E-state index in [1.54, 1.807) is 0 Å². The largest absolute Gasteiger partial charge is 0.392 e. The minimum atomic E-state index is -0.311. The van der Waals surface area contributed by atoms with Crippen molar-refractivity contribution < 1.29 is 5.11 Å². The smallest absolute Gasteiger partial charge is 0.0956 e. The fourth-order valence-electron chi connectivity index (χ4n) is 3.80. The molecule has 2 unspecified atom stereocenters. The number of rotatable bonds is 5. The lowest BCUT2D eigenvalue weighted by molar-refractivity contribution is 0.0364. The van der Waals surface area contributed by atoms with Gasteiger partial charge in [-0.2, -0.15) is 0 Å². The van der Waals surface area contributed by atoms with Gasteiger partial charge in [-0.1, -0.05) is 52.0 Å². The second-order valence-corrected chi connectivity index (χ2v) is 7.25. The maximum Gasteiger partial charge on any atom is 0.0956 e. The van der Waals surface area contributed by atoms with Gasteiger partial charge in [-0.25, -0.2) is 4.98 Å². The van der Waals surface area contributed by atoms with Crippen LogP contribution < -0.4 is 0 Å². The average Bonchev–Trinajstić information content (AvgIpc) is 3.04. The molecule has 0 fully saturated rings. The number of nitrogens with zero attached hydrogens (tertiary/aromatic N) is 2. The van der Waals surface area contributed by atoms with Crippen molar-refractivity contribution in [3.8, 4) is 11.3 Å². The zero-order valence-corrected chi connectivity index (χ0v) is 13.9. The highest BCUT2D eigenvalue weighted by Crippen LogP contribution is 2.46. The van der Waals surface area contributed by atoms with E-state index >= 15 is 0 Å². The number of imidazole rings is 1. The van der Waals surface area contributed by atoms with Crippen molar-refractivity contribution in [1.29, 1.82) is 0 Å². The van der Waals surface area contributed by atoms with E-state index in [2.05, 4.69) is 61.5 Å². The average molecular weight is 298 g/mol. The van der Waals surface area contributed by atoms with Crippen molar-refractivity contribution in [1.82, 2.24) is 9.55 Å². The molecule has 0 spiro atoms. The number of fused-ring (bicyclic) bond motifs is 3. The molecular weight excluding hydrogens is 272 g/mol. The summed E-state index contributed by atoms with van der Waals surface area (Å²) in [5.74, 6) is 1.01. The lowest BCUT2D eigenvalue weighted by Crippen LogP contribution is -2.34. The molecule has 0 aliphatic carbocycles. The van der Waals surface area contributed by atoms with Crippen LogP contribution in [0.25, 0.3) is 11.3 Å². The summed E-state index contributed by atoms with van der Waals surface area (Å²) in [5, 5.41) is 10.9. The Morgan fingerprint density at radius 2 is 1.91 bits per heavy atom. The second-order valence-electron chi connectivity index (χ2n) is 7.25. The van der Waals surface area contributed by atoms with Gasteiger partial charge < -0.3 is 9.67 Å². The number of benzene rings is 1. The van der Waals surface area contributed by atoms with Crippen LogP contribution in [0.15, 0.2) is 36.8 Å². The predicted octanol–water partition coefficient (Wildman–Crippen LogP) is 4.13. The van der Waals surface area contributed by atoms with Crippen LogP contribution in [0.4, 0.5) is 0 Å². The Labute approximate surface area is 133 Å². The first-order valence-electron chi connectivity index (χ1n) is 8.30. The molecule has 0 saturated heterocycles. The van der Waals surface area contributed by atoms with Crippen LogP contribution in [0.3, 0.4) is 0 Å². The van der Waals surface area contributed by atoms with Crippen LogP contribution in [0.1, 0.15) is 45.7 Å². The summed E-state index contributed by atoms with van der Waals surface area (Å²) in [6, 6.07) is 8.73. The van der Waals surface area contributed by atoms with E-state index < -0.39 is 0 Å². The zero-order valence-electron chi connectivity index (χ0n) is 13.9. The van der Waals surface area contributed by atoms with Crippen LogP contribution in [0.5, 0.6) is 0 Å². The fourth-order valence-corrected chi connectivity index (χ4v) is 3.80. The fraction of sp³-hybridized carbons (Fsp3) is 0.526. The summed E-state index contributed by atoms with van der Waals surface area (Å²) in [5.41, 5.74) is 3.75. The van der Waals surface area contributed by atoms with Crippen molar-refractivity contribution >= 4 is 0 Å². The molecule has 1 aliphatic heterocycles. The van der Waals surface area contributed by atoms with E-state index in [9.17, 15) is 5.11 Å². The van der Waals surface area contributed by atoms with Gasteiger partial charge >= 0.3 is 0 Å². The van der Waals surface area contributed by atoms with Gasteiger partial charge in [0.2, 0.25) is 0 Å². The van der Waals surface area contributed by atoms with Crippen molar-refractivity contribution in [2.45, 2.75) is 46.3 Å². The van der Waals surface area contributed by atoms with Gasteiger partial charge in [0.05, 0.1) is 30.4 Å². The van der Waals surface area contributed by atoms with Crippen molar-refractivity contribution in [3.05, 3.63) is 42.4 Å². The lowest BCUT2D eigenvalue weighted by Gasteiger charge is -2.33. The summed E-state index contributed by atoms with van der Waals surface area (Å²) < 4.78 is 2.25. The number of hydrogen-bond donors (Lipinski definition) is 1. The number of hydrogen-bond acceptors (Lipinski definition) is 2. The third kappa shape index (κ3) is 2.48. The van der Waals surface area contributed by atoms with Gasteiger partial charge in [-0.3, -0.25) is 0 Å². The summed E-state index contributed by atoms with van der Waals surface area (Å²) in [7, 11) is 0. The molecule has 1 N–H and O–H groups in total. The summed E-state index contributed by atoms with van der Waals surface area (Å²) in [4.78, 5) is 4.34. The molecule has 3 heteroatoms. The second kappa shape index (κ2) is 5.88. The van der Waals surface area contributed by atoms with Gasteiger partial charge in [0.25, 0.3) is 0 Å². The van der Waals surface area contributed by atoms with Crippen LogP contribution in [0, 0.1) is 17.8 Å². The van der Waals surface area contributed by atoms with Crippen molar-refractivity contribution in [3.63, 3.8) is 0 Å². The molecule has 2 heterocycles. The topological polar surface area (TPSA) is 38.1 Å². The Hall–Kier alpha value is -1.61. The molecule has 3 atom stereocenters. The van der Waals surface area contributed by atoms with E-state index in [0.717, 1.165) is 6.42 Å². The van der Waals surface area contributed by atoms with E-state index in [0.29, 0.717) is 5.92 Å². The summed E-state index contributed by atoms with van der Waals surface area (Å²) >= 11 is 0. The van der Waals surface area contributed by atoms with Crippen molar-refractivity contribution in [2.75, 3.05) is 0 Å². The highest BCUT2D eigenvalue weighted by Gasteiger charge is 2.38. The Morgan fingerprint density at radius 1 is 1.18 bits per heavy atom. The third-order valence-corrected chi connectivity index (χ3v) is 4.79. The first-order chi connectivity index (χ1) is 10.5. The SMILES string of the molecule is CC(C)CC(C(O)C(C)C)[C@@H]1c2ccccc2-c2cncn21. The Bertz CT molecular complexity index is 644. The number of aliphatic hydroxyl groups excluding tert-OH is 1.